The molecular formula is C19H22N4O4S. The van der Waals surface area contributed by atoms with Crippen molar-refractivity contribution in [1.29, 1.82) is 0 Å². The monoisotopic (exact) mass is 402 g/mol. The topological polar surface area (TPSA) is 91.8 Å². The number of carbonyl (C=O) groups is 3. The van der Waals surface area contributed by atoms with E-state index in [2.05, 4.69) is 15.2 Å². The van der Waals surface area contributed by atoms with Gasteiger partial charge in [-0.1, -0.05) is 12.1 Å². The predicted molar refractivity (Wildman–Crippen MR) is 105 cm³/mol. The number of hydrogen-bond donors (Lipinski definition) is 1. The van der Waals surface area contributed by atoms with Crippen LogP contribution >= 0.6 is 11.3 Å². The van der Waals surface area contributed by atoms with E-state index in [1.54, 1.807) is 23.2 Å². The number of aromatic nitrogens is 1. The van der Waals surface area contributed by atoms with Gasteiger partial charge in [0.05, 0.1) is 11.3 Å². The predicted octanol–water partition coefficient (Wildman–Crippen LogP) is 1.15. The first-order valence-corrected chi connectivity index (χ1v) is 9.92. The average molecular weight is 402 g/mol. The van der Waals surface area contributed by atoms with Crippen LogP contribution in [0.25, 0.3) is 0 Å². The summed E-state index contributed by atoms with van der Waals surface area (Å²) in [6, 6.07) is 9.24. The molecule has 0 spiro atoms. The first kappa shape index (κ1) is 19.8. The molecule has 0 radical (unpaired) electrons. The highest BCUT2D eigenvalue weighted by atomic mass is 32.1. The first-order chi connectivity index (χ1) is 13.6. The molecule has 2 amide bonds. The van der Waals surface area contributed by atoms with Crippen molar-refractivity contribution in [2.45, 2.75) is 6.42 Å². The number of esters is 1. The zero-order chi connectivity index (χ0) is 19.8. The van der Waals surface area contributed by atoms with Crippen molar-refractivity contribution in [1.82, 2.24) is 15.2 Å². The highest BCUT2D eigenvalue weighted by Gasteiger charge is 2.22. The number of hydrogen-bond acceptors (Lipinski definition) is 7. The Morgan fingerprint density at radius 1 is 1.11 bits per heavy atom. The summed E-state index contributed by atoms with van der Waals surface area (Å²) in [6.07, 6.45) is 1.77. The smallest absolute Gasteiger partial charge is 0.308 e. The zero-order valence-corrected chi connectivity index (χ0v) is 16.2. The number of anilines is 1. The Labute approximate surface area is 167 Å². The van der Waals surface area contributed by atoms with Gasteiger partial charge in [0.2, 0.25) is 0 Å². The number of piperazine rings is 1. The van der Waals surface area contributed by atoms with E-state index in [0.717, 1.165) is 5.82 Å². The number of nitrogens with one attached hydrogen (secondary N) is 1. The molecule has 28 heavy (non-hydrogen) atoms. The third kappa shape index (κ3) is 5.53. The van der Waals surface area contributed by atoms with E-state index < -0.39 is 5.97 Å². The summed E-state index contributed by atoms with van der Waals surface area (Å²) in [5, 5.41) is 4.46. The van der Waals surface area contributed by atoms with E-state index >= 15 is 0 Å². The van der Waals surface area contributed by atoms with E-state index in [4.69, 9.17) is 4.74 Å². The van der Waals surface area contributed by atoms with Gasteiger partial charge in [-0.3, -0.25) is 14.4 Å². The molecule has 3 rings (SSSR count). The molecule has 1 N–H and O–H groups in total. The SMILES string of the molecule is O=C(CCNC(=O)c1cccs1)OCC(=O)N1CCN(c2ccccn2)CC1. The van der Waals surface area contributed by atoms with Crippen LogP contribution in [0.4, 0.5) is 5.82 Å². The molecule has 0 unspecified atom stereocenters. The summed E-state index contributed by atoms with van der Waals surface area (Å²) >= 11 is 1.33. The van der Waals surface area contributed by atoms with E-state index in [1.165, 1.54) is 11.3 Å². The van der Waals surface area contributed by atoms with Crippen LogP contribution in [0, 0.1) is 0 Å². The lowest BCUT2D eigenvalue weighted by molar-refractivity contribution is -0.152. The molecule has 0 atom stereocenters. The van der Waals surface area contributed by atoms with Gasteiger partial charge in [0.15, 0.2) is 6.61 Å². The van der Waals surface area contributed by atoms with Crippen molar-refractivity contribution >= 4 is 34.9 Å². The summed E-state index contributed by atoms with van der Waals surface area (Å²) in [7, 11) is 0. The average Bonchev–Trinajstić information content (AvgIpc) is 3.28. The number of amides is 2. The molecule has 1 aliphatic heterocycles. The van der Waals surface area contributed by atoms with Gasteiger partial charge in [0.1, 0.15) is 5.82 Å². The second-order valence-electron chi connectivity index (χ2n) is 6.20. The minimum atomic E-state index is -0.507. The van der Waals surface area contributed by atoms with E-state index in [9.17, 15) is 14.4 Å². The van der Waals surface area contributed by atoms with Gasteiger partial charge in [0, 0.05) is 38.9 Å². The lowest BCUT2D eigenvalue weighted by atomic mass is 10.3. The maximum Gasteiger partial charge on any atom is 0.308 e. The molecule has 9 heteroatoms. The molecule has 148 valence electrons. The van der Waals surface area contributed by atoms with Crippen LogP contribution in [0.1, 0.15) is 16.1 Å². The van der Waals surface area contributed by atoms with Crippen molar-refractivity contribution < 1.29 is 19.1 Å². The number of nitrogens with zero attached hydrogens (tertiary/aromatic N) is 3. The van der Waals surface area contributed by atoms with Gasteiger partial charge in [-0.15, -0.1) is 11.3 Å². The van der Waals surface area contributed by atoms with Crippen molar-refractivity contribution in [2.75, 3.05) is 44.2 Å². The second-order valence-corrected chi connectivity index (χ2v) is 7.15. The van der Waals surface area contributed by atoms with Crippen LogP contribution in [0.5, 0.6) is 0 Å². The molecular weight excluding hydrogens is 380 g/mol. The van der Waals surface area contributed by atoms with E-state index in [1.807, 2.05) is 23.6 Å². The Kier molecular flexibility index (Phi) is 6.96. The summed E-state index contributed by atoms with van der Waals surface area (Å²) in [5.74, 6) is -0.0427. The summed E-state index contributed by atoms with van der Waals surface area (Å²) in [4.78, 5) is 44.5. The highest BCUT2D eigenvalue weighted by Crippen LogP contribution is 2.12. The number of rotatable bonds is 7. The van der Waals surface area contributed by atoms with Gasteiger partial charge in [-0.25, -0.2) is 4.98 Å². The van der Waals surface area contributed by atoms with Gasteiger partial charge < -0.3 is 19.9 Å². The first-order valence-electron chi connectivity index (χ1n) is 9.04. The Morgan fingerprint density at radius 2 is 1.93 bits per heavy atom. The molecule has 3 heterocycles. The Balaban J connectivity index is 1.32. The Bertz CT molecular complexity index is 790. The van der Waals surface area contributed by atoms with Crippen LogP contribution in [-0.4, -0.2) is 67.0 Å². The van der Waals surface area contributed by atoms with Crippen LogP contribution < -0.4 is 10.2 Å². The Morgan fingerprint density at radius 3 is 2.61 bits per heavy atom. The minimum absolute atomic E-state index is 0.0256. The third-order valence-electron chi connectivity index (χ3n) is 4.32. The standard InChI is InChI=1S/C19H22N4O4S/c24-17(23-11-9-22(10-12-23)16-5-1-2-7-20-16)14-27-18(25)6-8-21-19(26)15-4-3-13-28-15/h1-5,7,13H,6,8-12,14H2,(H,21,26). The molecule has 1 fully saturated rings. The lowest BCUT2D eigenvalue weighted by Crippen LogP contribution is -2.50. The van der Waals surface area contributed by atoms with Crippen LogP contribution in [0.3, 0.4) is 0 Å². The fraction of sp³-hybridized carbons (Fsp3) is 0.368. The molecule has 0 bridgehead atoms. The molecule has 2 aromatic rings. The normalized spacial score (nSPS) is 13.9. The zero-order valence-electron chi connectivity index (χ0n) is 15.4. The van der Waals surface area contributed by atoms with E-state index in [-0.39, 0.29) is 31.4 Å². The van der Waals surface area contributed by atoms with Crippen molar-refractivity contribution in [2.24, 2.45) is 0 Å². The van der Waals surface area contributed by atoms with Gasteiger partial charge in [-0.2, -0.15) is 0 Å². The molecule has 0 aromatic carbocycles. The second kappa shape index (κ2) is 9.84. The van der Waals surface area contributed by atoms with Crippen LogP contribution in [0.15, 0.2) is 41.9 Å². The quantitative estimate of drug-likeness (QED) is 0.699. The van der Waals surface area contributed by atoms with Crippen molar-refractivity contribution in [3.8, 4) is 0 Å². The van der Waals surface area contributed by atoms with Crippen molar-refractivity contribution in [3.05, 3.63) is 46.8 Å². The van der Waals surface area contributed by atoms with Crippen LogP contribution in [-0.2, 0) is 14.3 Å². The number of thiophene rings is 1. The number of carbonyl (C=O) groups excluding carboxylic acids is 3. The highest BCUT2D eigenvalue weighted by molar-refractivity contribution is 7.12. The molecule has 2 aromatic heterocycles. The summed E-state index contributed by atoms with van der Waals surface area (Å²) < 4.78 is 5.04. The molecule has 8 nitrogen and oxygen atoms in total. The van der Waals surface area contributed by atoms with E-state index in [0.29, 0.717) is 31.1 Å². The fourth-order valence-electron chi connectivity index (χ4n) is 2.80. The maximum absolute atomic E-state index is 12.2. The number of ether oxygens (including phenoxy) is 1. The van der Waals surface area contributed by atoms with Crippen LogP contribution in [0.2, 0.25) is 0 Å². The molecule has 0 aliphatic carbocycles. The van der Waals surface area contributed by atoms with Crippen molar-refractivity contribution in [3.63, 3.8) is 0 Å². The van der Waals surface area contributed by atoms with Gasteiger partial charge in [0.25, 0.3) is 11.8 Å². The number of pyridine rings is 1. The molecule has 0 saturated carbocycles. The molecule has 1 saturated heterocycles. The summed E-state index contributed by atoms with van der Waals surface area (Å²) in [5.41, 5.74) is 0. The third-order valence-corrected chi connectivity index (χ3v) is 5.19. The van der Waals surface area contributed by atoms with Gasteiger partial charge in [-0.05, 0) is 23.6 Å². The lowest BCUT2D eigenvalue weighted by Gasteiger charge is -2.35. The summed E-state index contributed by atoms with van der Waals surface area (Å²) in [6.45, 7) is 2.39. The Hall–Kier alpha value is -2.94. The molecule has 1 aliphatic rings. The maximum atomic E-state index is 12.2. The van der Waals surface area contributed by atoms with Gasteiger partial charge >= 0.3 is 5.97 Å². The minimum Gasteiger partial charge on any atom is -0.456 e. The fourth-order valence-corrected chi connectivity index (χ4v) is 3.44. The largest absolute Gasteiger partial charge is 0.456 e.